The molecule has 16 heavy (non-hydrogen) atoms. The lowest BCUT2D eigenvalue weighted by atomic mass is 9.89. The second-order valence-electron chi connectivity index (χ2n) is 5.49. The predicted molar refractivity (Wildman–Crippen MR) is 65.6 cm³/mol. The van der Waals surface area contributed by atoms with Crippen molar-refractivity contribution in [2.75, 3.05) is 13.2 Å². The van der Waals surface area contributed by atoms with E-state index in [9.17, 15) is 4.79 Å². The van der Waals surface area contributed by atoms with Crippen LogP contribution in [0.1, 0.15) is 48.0 Å². The van der Waals surface area contributed by atoms with Crippen LogP contribution in [0, 0.1) is 5.41 Å². The fraction of sp³-hybridized carbons (Fsp3) is 0.923. The van der Waals surface area contributed by atoms with Crippen LogP contribution in [0.25, 0.3) is 0 Å². The van der Waals surface area contributed by atoms with Crippen LogP contribution in [0.3, 0.4) is 0 Å². The molecule has 3 nitrogen and oxygen atoms in total. The Morgan fingerprint density at radius 1 is 1.19 bits per heavy atom. The van der Waals surface area contributed by atoms with Gasteiger partial charge >= 0.3 is 0 Å². The summed E-state index contributed by atoms with van der Waals surface area (Å²) in [7, 11) is 0. The minimum atomic E-state index is -0.261. The van der Waals surface area contributed by atoms with Gasteiger partial charge in [-0.3, -0.25) is 4.79 Å². The van der Waals surface area contributed by atoms with Crippen molar-refractivity contribution >= 4 is 5.78 Å². The Morgan fingerprint density at radius 3 is 2.19 bits per heavy atom. The summed E-state index contributed by atoms with van der Waals surface area (Å²) in [6.07, 6.45) is 0.789. The molecule has 96 valence electrons. The second-order valence-corrected chi connectivity index (χ2v) is 5.49. The van der Waals surface area contributed by atoms with E-state index in [0.29, 0.717) is 19.6 Å². The third-order valence-electron chi connectivity index (χ3n) is 2.17. The van der Waals surface area contributed by atoms with Gasteiger partial charge < -0.3 is 9.47 Å². The molecular weight excluding hydrogens is 204 g/mol. The molecular formula is C13H26O3. The van der Waals surface area contributed by atoms with Gasteiger partial charge in [-0.25, -0.2) is 0 Å². The molecule has 0 spiro atoms. The SMILES string of the molecule is CC(C)O[C@@H](C)COCCC(=O)C(C)(C)C. The minimum Gasteiger partial charge on any atom is -0.378 e. The van der Waals surface area contributed by atoms with Gasteiger partial charge in [0, 0.05) is 11.8 Å². The highest BCUT2D eigenvalue weighted by atomic mass is 16.5. The quantitative estimate of drug-likeness (QED) is 0.631. The summed E-state index contributed by atoms with van der Waals surface area (Å²) in [4.78, 5) is 11.6. The molecule has 0 aliphatic carbocycles. The van der Waals surface area contributed by atoms with E-state index >= 15 is 0 Å². The molecule has 0 amide bonds. The zero-order valence-corrected chi connectivity index (χ0v) is 11.5. The van der Waals surface area contributed by atoms with Gasteiger partial charge in [0.1, 0.15) is 5.78 Å². The minimum absolute atomic E-state index is 0.0877. The van der Waals surface area contributed by atoms with Gasteiger partial charge in [-0.2, -0.15) is 0 Å². The summed E-state index contributed by atoms with van der Waals surface area (Å²) in [5.41, 5.74) is -0.261. The second kappa shape index (κ2) is 7.02. The molecule has 0 saturated carbocycles. The monoisotopic (exact) mass is 230 g/mol. The molecule has 0 N–H and O–H groups in total. The molecule has 0 fully saturated rings. The van der Waals surface area contributed by atoms with Crippen LogP contribution in [0.4, 0.5) is 0 Å². The Morgan fingerprint density at radius 2 is 1.75 bits per heavy atom. The normalized spacial score (nSPS) is 14.2. The van der Waals surface area contributed by atoms with Crippen LogP contribution in [0.5, 0.6) is 0 Å². The van der Waals surface area contributed by atoms with Gasteiger partial charge in [0.15, 0.2) is 0 Å². The third-order valence-corrected chi connectivity index (χ3v) is 2.17. The average molecular weight is 230 g/mol. The summed E-state index contributed by atoms with van der Waals surface area (Å²) < 4.78 is 10.9. The first kappa shape index (κ1) is 15.6. The highest BCUT2D eigenvalue weighted by Gasteiger charge is 2.20. The third kappa shape index (κ3) is 7.83. The summed E-state index contributed by atoms with van der Waals surface area (Å²) >= 11 is 0. The summed E-state index contributed by atoms with van der Waals surface area (Å²) in [5, 5.41) is 0. The lowest BCUT2D eigenvalue weighted by Crippen LogP contribution is -2.24. The topological polar surface area (TPSA) is 35.5 Å². The van der Waals surface area contributed by atoms with Crippen LogP contribution in [0.15, 0.2) is 0 Å². The van der Waals surface area contributed by atoms with E-state index < -0.39 is 0 Å². The van der Waals surface area contributed by atoms with Crippen molar-refractivity contribution in [1.29, 1.82) is 0 Å². The van der Waals surface area contributed by atoms with Crippen LogP contribution >= 0.6 is 0 Å². The van der Waals surface area contributed by atoms with Gasteiger partial charge in [-0.15, -0.1) is 0 Å². The van der Waals surface area contributed by atoms with E-state index in [1.807, 2.05) is 41.5 Å². The van der Waals surface area contributed by atoms with E-state index in [0.717, 1.165) is 0 Å². The molecule has 0 aliphatic heterocycles. The molecule has 0 saturated heterocycles. The van der Waals surface area contributed by atoms with Crippen LogP contribution in [-0.4, -0.2) is 31.2 Å². The number of carbonyl (C=O) groups excluding carboxylic acids is 1. The largest absolute Gasteiger partial charge is 0.378 e. The van der Waals surface area contributed by atoms with Crippen LogP contribution in [0.2, 0.25) is 0 Å². The summed E-state index contributed by atoms with van der Waals surface area (Å²) in [5.74, 6) is 0.241. The number of hydrogen-bond acceptors (Lipinski definition) is 3. The zero-order valence-electron chi connectivity index (χ0n) is 11.5. The van der Waals surface area contributed by atoms with Crippen molar-refractivity contribution < 1.29 is 14.3 Å². The van der Waals surface area contributed by atoms with Crippen molar-refractivity contribution in [1.82, 2.24) is 0 Å². The Balaban J connectivity index is 3.57. The smallest absolute Gasteiger partial charge is 0.140 e. The molecule has 1 atom stereocenters. The van der Waals surface area contributed by atoms with E-state index in [-0.39, 0.29) is 23.4 Å². The maximum absolute atomic E-state index is 11.6. The van der Waals surface area contributed by atoms with Crippen LogP contribution in [-0.2, 0) is 14.3 Å². The van der Waals surface area contributed by atoms with Gasteiger partial charge in [0.05, 0.1) is 25.4 Å². The highest BCUT2D eigenvalue weighted by Crippen LogP contribution is 2.16. The Hall–Kier alpha value is -0.410. The van der Waals surface area contributed by atoms with Gasteiger partial charge in [0.25, 0.3) is 0 Å². The molecule has 0 aromatic carbocycles. The van der Waals surface area contributed by atoms with E-state index in [4.69, 9.17) is 9.47 Å². The molecule has 0 bridgehead atoms. The molecule has 0 rings (SSSR count). The first-order chi connectivity index (χ1) is 7.23. The Labute approximate surface area is 99.5 Å². The predicted octanol–water partition coefficient (Wildman–Crippen LogP) is 2.82. The number of Topliss-reactive ketones (excluding diaryl/α,β-unsaturated/α-hetero) is 1. The number of rotatable bonds is 7. The van der Waals surface area contributed by atoms with Crippen molar-refractivity contribution in [3.63, 3.8) is 0 Å². The maximum Gasteiger partial charge on any atom is 0.140 e. The Bertz CT molecular complexity index is 204. The maximum atomic E-state index is 11.6. The van der Waals surface area contributed by atoms with Crippen LogP contribution < -0.4 is 0 Å². The number of carbonyl (C=O) groups is 1. The molecule has 0 aliphatic rings. The first-order valence-electron chi connectivity index (χ1n) is 6.00. The molecule has 0 unspecified atom stereocenters. The fourth-order valence-corrected chi connectivity index (χ4v) is 1.29. The highest BCUT2D eigenvalue weighted by molar-refractivity contribution is 5.83. The average Bonchev–Trinajstić information content (AvgIpc) is 2.09. The molecule has 3 heteroatoms. The van der Waals surface area contributed by atoms with Crippen molar-refractivity contribution in [2.45, 2.75) is 60.2 Å². The Kier molecular flexibility index (Phi) is 6.84. The zero-order chi connectivity index (χ0) is 12.8. The molecule has 0 aromatic rings. The van der Waals surface area contributed by atoms with E-state index in [1.165, 1.54) is 0 Å². The molecule has 0 heterocycles. The lowest BCUT2D eigenvalue weighted by Gasteiger charge is -2.18. The lowest BCUT2D eigenvalue weighted by molar-refractivity contribution is -0.127. The number of hydrogen-bond donors (Lipinski definition) is 0. The number of ketones is 1. The van der Waals surface area contributed by atoms with Crippen molar-refractivity contribution in [3.8, 4) is 0 Å². The fourth-order valence-electron chi connectivity index (χ4n) is 1.29. The van der Waals surface area contributed by atoms with Gasteiger partial charge in [-0.05, 0) is 20.8 Å². The standard InChI is InChI=1S/C13H26O3/c1-10(2)16-11(3)9-15-8-7-12(14)13(4,5)6/h10-11H,7-9H2,1-6H3/t11-/m0/s1. The van der Waals surface area contributed by atoms with Gasteiger partial charge in [-0.1, -0.05) is 20.8 Å². The number of ether oxygens (including phenoxy) is 2. The van der Waals surface area contributed by atoms with Crippen molar-refractivity contribution in [3.05, 3.63) is 0 Å². The first-order valence-corrected chi connectivity index (χ1v) is 6.00. The summed E-state index contributed by atoms with van der Waals surface area (Å²) in [6, 6.07) is 0. The molecule has 0 radical (unpaired) electrons. The summed E-state index contributed by atoms with van der Waals surface area (Å²) in [6.45, 7) is 12.8. The van der Waals surface area contributed by atoms with Gasteiger partial charge in [0.2, 0.25) is 0 Å². The van der Waals surface area contributed by atoms with E-state index in [2.05, 4.69) is 0 Å². The van der Waals surface area contributed by atoms with E-state index in [1.54, 1.807) is 0 Å². The molecule has 0 aromatic heterocycles. The van der Waals surface area contributed by atoms with Crippen molar-refractivity contribution in [2.24, 2.45) is 5.41 Å².